The molecule has 2 heteroatoms. The third kappa shape index (κ3) is 25.9. The van der Waals surface area contributed by atoms with E-state index in [0.29, 0.717) is 12.8 Å². The average Bonchev–Trinajstić information content (AvgIpc) is 2.89. The normalized spacial score (nSPS) is 12.6. The summed E-state index contributed by atoms with van der Waals surface area (Å²) in [5.41, 5.74) is 0. The van der Waals surface area contributed by atoms with Gasteiger partial charge in [0.15, 0.2) is 0 Å². The molecule has 0 spiro atoms. The Labute approximate surface area is 226 Å². The van der Waals surface area contributed by atoms with E-state index < -0.39 is 5.92 Å². The highest BCUT2D eigenvalue weighted by atomic mass is 16.1. The van der Waals surface area contributed by atoms with Gasteiger partial charge in [0.2, 0.25) is 6.29 Å². The van der Waals surface area contributed by atoms with Crippen molar-refractivity contribution in [2.75, 3.05) is 0 Å². The van der Waals surface area contributed by atoms with E-state index in [9.17, 15) is 9.59 Å². The molecule has 0 saturated carbocycles. The molecule has 0 aromatic heterocycles. The second-order valence-electron chi connectivity index (χ2n) is 10.8. The summed E-state index contributed by atoms with van der Waals surface area (Å²) in [6, 6.07) is 0. The minimum atomic E-state index is -0.480. The molecule has 0 rings (SSSR count). The summed E-state index contributed by atoms with van der Waals surface area (Å²) in [5.74, 6) is -0.356. The van der Waals surface area contributed by atoms with Crippen molar-refractivity contribution in [2.24, 2.45) is 5.92 Å². The number of carbonyl (C=O) groups excluding carboxylic acids is 2. The Balaban J connectivity index is 3.52. The molecule has 1 atom stereocenters. The molecule has 1 radical (unpaired) electrons. The van der Waals surface area contributed by atoms with Crippen molar-refractivity contribution in [1.82, 2.24) is 0 Å². The summed E-state index contributed by atoms with van der Waals surface area (Å²) in [6.45, 7) is 4.51. The van der Waals surface area contributed by atoms with Crippen LogP contribution in [0, 0.1) is 5.92 Å². The minimum absolute atomic E-state index is 0.124. The molecule has 209 valence electrons. The molecular formula is C34H61O2. The van der Waals surface area contributed by atoms with E-state index in [1.165, 1.54) is 109 Å². The zero-order valence-corrected chi connectivity index (χ0v) is 24.4. The summed E-state index contributed by atoms with van der Waals surface area (Å²) in [6.07, 6.45) is 41.2. The van der Waals surface area contributed by atoms with E-state index in [-0.39, 0.29) is 5.78 Å². The lowest BCUT2D eigenvalue weighted by Gasteiger charge is -2.08. The van der Waals surface area contributed by atoms with Crippen LogP contribution in [-0.2, 0) is 9.59 Å². The van der Waals surface area contributed by atoms with Crippen LogP contribution in [0.1, 0.15) is 174 Å². The van der Waals surface area contributed by atoms with E-state index in [4.69, 9.17) is 0 Å². The van der Waals surface area contributed by atoms with Crippen LogP contribution in [0.2, 0.25) is 0 Å². The Hall–Kier alpha value is -1.18. The molecule has 0 fully saturated rings. The van der Waals surface area contributed by atoms with Gasteiger partial charge in [0.25, 0.3) is 0 Å². The summed E-state index contributed by atoms with van der Waals surface area (Å²) in [4.78, 5) is 23.6. The number of carbonyl (C=O) groups is 1. The maximum atomic E-state index is 12.4. The number of rotatable bonds is 29. The van der Waals surface area contributed by atoms with Gasteiger partial charge in [-0.05, 0) is 44.9 Å². The molecular weight excluding hydrogens is 440 g/mol. The maximum absolute atomic E-state index is 12.4. The second kappa shape index (κ2) is 30.0. The Bertz CT molecular complexity index is 519. The van der Waals surface area contributed by atoms with Crippen LogP contribution in [0.3, 0.4) is 0 Å². The smallest absolute Gasteiger partial charge is 0.209 e. The molecule has 0 amide bonds. The largest absolute Gasteiger partial charge is 0.299 e. The molecule has 2 nitrogen and oxygen atoms in total. The molecule has 0 heterocycles. The number of hydrogen-bond donors (Lipinski definition) is 0. The predicted octanol–water partition coefficient (Wildman–Crippen LogP) is 11.2. The molecule has 0 aromatic rings. The monoisotopic (exact) mass is 501 g/mol. The van der Waals surface area contributed by atoms with Crippen LogP contribution in [0.15, 0.2) is 24.3 Å². The van der Waals surface area contributed by atoms with E-state index in [0.717, 1.165) is 38.5 Å². The third-order valence-electron chi connectivity index (χ3n) is 7.25. The van der Waals surface area contributed by atoms with E-state index in [1.807, 2.05) is 6.29 Å². The first-order valence-corrected chi connectivity index (χ1v) is 16.0. The van der Waals surface area contributed by atoms with Crippen molar-refractivity contribution in [3.8, 4) is 0 Å². The molecule has 0 N–H and O–H groups in total. The fourth-order valence-electron chi connectivity index (χ4n) is 4.76. The van der Waals surface area contributed by atoms with Gasteiger partial charge in [0, 0.05) is 6.42 Å². The van der Waals surface area contributed by atoms with Gasteiger partial charge in [-0.2, -0.15) is 0 Å². The predicted molar refractivity (Wildman–Crippen MR) is 159 cm³/mol. The molecule has 0 aliphatic rings. The molecule has 0 aliphatic heterocycles. The van der Waals surface area contributed by atoms with Crippen molar-refractivity contribution in [2.45, 2.75) is 174 Å². The van der Waals surface area contributed by atoms with Gasteiger partial charge in [-0.1, -0.05) is 147 Å². The van der Waals surface area contributed by atoms with Crippen molar-refractivity contribution in [3.63, 3.8) is 0 Å². The van der Waals surface area contributed by atoms with Crippen molar-refractivity contribution < 1.29 is 9.59 Å². The highest BCUT2D eigenvalue weighted by molar-refractivity contribution is 5.93. The van der Waals surface area contributed by atoms with E-state index in [2.05, 4.69) is 38.2 Å². The van der Waals surface area contributed by atoms with Crippen LogP contribution < -0.4 is 0 Å². The average molecular weight is 502 g/mol. The number of Topliss-reactive ketones (excluding diaryl/α,β-unsaturated/α-hetero) is 1. The molecule has 36 heavy (non-hydrogen) atoms. The van der Waals surface area contributed by atoms with Gasteiger partial charge in [-0.15, -0.1) is 0 Å². The molecule has 0 bridgehead atoms. The second-order valence-corrected chi connectivity index (χ2v) is 10.8. The number of hydrogen-bond acceptors (Lipinski definition) is 2. The number of unbranched alkanes of at least 4 members (excludes halogenated alkanes) is 19. The van der Waals surface area contributed by atoms with Gasteiger partial charge in [-0.3, -0.25) is 9.59 Å². The topological polar surface area (TPSA) is 34.1 Å². The van der Waals surface area contributed by atoms with Gasteiger partial charge in [-0.25, -0.2) is 0 Å². The van der Waals surface area contributed by atoms with Crippen molar-refractivity contribution >= 4 is 12.1 Å². The summed E-state index contributed by atoms with van der Waals surface area (Å²) in [5, 5.41) is 0. The minimum Gasteiger partial charge on any atom is -0.299 e. The lowest BCUT2D eigenvalue weighted by Crippen LogP contribution is -2.15. The SMILES string of the molecule is CCCCCC=CCC=CCCCCCCC([C]=O)C(=O)CCCCCCCCCCCCCCC. The fraction of sp³-hybridized carbons (Fsp3) is 0.824. The van der Waals surface area contributed by atoms with Crippen LogP contribution in [0.4, 0.5) is 0 Å². The summed E-state index contributed by atoms with van der Waals surface area (Å²) in [7, 11) is 0. The van der Waals surface area contributed by atoms with Crippen LogP contribution in [-0.4, -0.2) is 12.1 Å². The maximum Gasteiger partial charge on any atom is 0.209 e. The van der Waals surface area contributed by atoms with Crippen molar-refractivity contribution in [3.05, 3.63) is 24.3 Å². The summed E-state index contributed by atoms with van der Waals surface area (Å²) < 4.78 is 0. The van der Waals surface area contributed by atoms with Gasteiger partial charge >= 0.3 is 0 Å². The lowest BCUT2D eigenvalue weighted by molar-refractivity contribution is -0.121. The lowest BCUT2D eigenvalue weighted by atomic mass is 9.94. The zero-order chi connectivity index (χ0) is 26.4. The van der Waals surface area contributed by atoms with Gasteiger partial charge in [0.05, 0.1) is 5.92 Å². The summed E-state index contributed by atoms with van der Waals surface area (Å²) >= 11 is 0. The van der Waals surface area contributed by atoms with Gasteiger partial charge in [0.1, 0.15) is 5.78 Å². The quantitative estimate of drug-likeness (QED) is 0.0580. The Morgan fingerprint density at radius 2 is 0.972 bits per heavy atom. The number of allylic oxidation sites excluding steroid dienone is 4. The Kier molecular flexibility index (Phi) is 29.1. The first-order valence-electron chi connectivity index (χ1n) is 16.0. The van der Waals surface area contributed by atoms with Crippen molar-refractivity contribution in [1.29, 1.82) is 0 Å². The van der Waals surface area contributed by atoms with E-state index >= 15 is 0 Å². The van der Waals surface area contributed by atoms with E-state index in [1.54, 1.807) is 0 Å². The molecule has 1 unspecified atom stereocenters. The molecule has 0 saturated heterocycles. The first kappa shape index (κ1) is 34.8. The van der Waals surface area contributed by atoms with Gasteiger partial charge < -0.3 is 0 Å². The van der Waals surface area contributed by atoms with Crippen LogP contribution in [0.5, 0.6) is 0 Å². The highest BCUT2D eigenvalue weighted by Crippen LogP contribution is 2.16. The molecule has 0 aromatic carbocycles. The molecule has 0 aliphatic carbocycles. The standard InChI is InChI=1S/C34H61O2/c1-3-5-7-9-11-13-15-17-19-20-22-24-26-28-30-33(32-35)34(36)31-29-27-25-23-21-18-16-14-12-10-8-6-4-2/h11,13,17,19,33H,3-10,12,14-16,18,20-31H2,1-2H3. The first-order chi connectivity index (χ1) is 17.8. The highest BCUT2D eigenvalue weighted by Gasteiger charge is 2.17. The zero-order valence-electron chi connectivity index (χ0n) is 24.4. The Morgan fingerprint density at radius 1 is 0.556 bits per heavy atom. The van der Waals surface area contributed by atoms with Crippen LogP contribution in [0.25, 0.3) is 0 Å². The Morgan fingerprint density at radius 3 is 1.50 bits per heavy atom. The van der Waals surface area contributed by atoms with Crippen LogP contribution >= 0.6 is 0 Å². The number of ketones is 1. The third-order valence-corrected chi connectivity index (χ3v) is 7.25. The fourth-order valence-corrected chi connectivity index (χ4v) is 4.76.